The molecule has 1 N–H and O–H groups in total. The molecule has 2 atom stereocenters. The van der Waals surface area contributed by atoms with Crippen LogP contribution in [-0.4, -0.2) is 71.7 Å². The Labute approximate surface area is 169 Å². The third-order valence-electron chi connectivity index (χ3n) is 5.09. The van der Waals surface area contributed by atoms with Crippen LogP contribution in [-0.2, 0) is 9.53 Å². The van der Waals surface area contributed by atoms with Crippen molar-refractivity contribution in [2.24, 2.45) is 0 Å². The monoisotopic (exact) mass is 396 g/mol. The molecule has 2 aromatic rings. The molecule has 4 rings (SSSR count). The molecule has 8 nitrogen and oxygen atoms in total. The quantitative estimate of drug-likeness (QED) is 0.855. The second-order valence-corrected chi connectivity index (χ2v) is 7.07. The summed E-state index contributed by atoms with van der Waals surface area (Å²) in [7, 11) is 0. The Morgan fingerprint density at radius 3 is 2.62 bits per heavy atom. The van der Waals surface area contributed by atoms with E-state index in [0.717, 1.165) is 0 Å². The predicted molar refractivity (Wildman–Crippen MR) is 107 cm³/mol. The summed E-state index contributed by atoms with van der Waals surface area (Å²) >= 11 is 0. The summed E-state index contributed by atoms with van der Waals surface area (Å²) in [5, 5.41) is 2.88. The first-order valence-corrected chi connectivity index (χ1v) is 9.76. The van der Waals surface area contributed by atoms with Crippen molar-refractivity contribution >= 4 is 17.6 Å². The molecule has 2 aliphatic rings. The number of urea groups is 1. The van der Waals surface area contributed by atoms with Crippen LogP contribution in [0.4, 0.5) is 10.5 Å². The van der Waals surface area contributed by atoms with Crippen LogP contribution in [0.15, 0.2) is 54.9 Å². The van der Waals surface area contributed by atoms with Crippen molar-refractivity contribution in [1.29, 1.82) is 0 Å². The highest BCUT2D eigenvalue weighted by Crippen LogP contribution is 2.25. The highest BCUT2D eigenvalue weighted by Gasteiger charge is 2.42. The lowest BCUT2D eigenvalue weighted by Crippen LogP contribution is -2.51. The van der Waals surface area contributed by atoms with Crippen LogP contribution < -0.4 is 10.1 Å². The number of nitrogens with zero attached hydrogens (tertiary/aromatic N) is 3. The van der Waals surface area contributed by atoms with Crippen LogP contribution in [0, 0.1) is 0 Å². The molecule has 2 aliphatic heterocycles. The third-order valence-corrected chi connectivity index (χ3v) is 5.09. The van der Waals surface area contributed by atoms with Gasteiger partial charge in [0.2, 0.25) is 5.91 Å². The highest BCUT2D eigenvalue weighted by atomic mass is 16.5. The van der Waals surface area contributed by atoms with E-state index in [1.807, 2.05) is 36.4 Å². The Kier molecular flexibility index (Phi) is 5.90. The number of hydrogen-bond donors (Lipinski definition) is 1. The number of pyridine rings is 1. The molecule has 0 aliphatic carbocycles. The van der Waals surface area contributed by atoms with Gasteiger partial charge in [-0.05, 0) is 24.3 Å². The van der Waals surface area contributed by atoms with E-state index in [1.165, 1.54) is 0 Å². The Bertz CT molecular complexity index is 827. The van der Waals surface area contributed by atoms with Crippen LogP contribution in [0.1, 0.15) is 6.42 Å². The lowest BCUT2D eigenvalue weighted by Gasteiger charge is -2.32. The zero-order valence-corrected chi connectivity index (χ0v) is 16.1. The number of hydrogen-bond acceptors (Lipinski definition) is 5. The molecule has 0 saturated carbocycles. The lowest BCUT2D eigenvalue weighted by molar-refractivity contribution is -0.139. The minimum atomic E-state index is -0.571. The zero-order chi connectivity index (χ0) is 20.1. The van der Waals surface area contributed by atoms with Crippen LogP contribution in [0.25, 0.3) is 0 Å². The first-order chi connectivity index (χ1) is 14.2. The smallest absolute Gasteiger partial charge is 0.322 e. The van der Waals surface area contributed by atoms with Crippen molar-refractivity contribution in [1.82, 2.24) is 14.8 Å². The Balaban J connectivity index is 1.49. The van der Waals surface area contributed by atoms with Gasteiger partial charge in [0.05, 0.1) is 26.0 Å². The SMILES string of the molecule is O=C([C@@H]1C[C@H](Oc2cccnc2)CN1C(=O)Nc1ccccc1)N1CCOCC1. The Hall–Kier alpha value is -3.13. The summed E-state index contributed by atoms with van der Waals surface area (Å²) in [5.74, 6) is 0.564. The largest absolute Gasteiger partial charge is 0.487 e. The van der Waals surface area contributed by atoms with Gasteiger partial charge in [0.25, 0.3) is 0 Å². The number of likely N-dealkylation sites (tertiary alicyclic amines) is 1. The van der Waals surface area contributed by atoms with Gasteiger partial charge in [0.1, 0.15) is 17.9 Å². The molecule has 0 radical (unpaired) electrons. The first-order valence-electron chi connectivity index (χ1n) is 9.76. The minimum Gasteiger partial charge on any atom is -0.487 e. The number of ether oxygens (including phenoxy) is 2. The summed E-state index contributed by atoms with van der Waals surface area (Å²) in [4.78, 5) is 33.5. The first kappa shape index (κ1) is 19.2. The average Bonchev–Trinajstić information content (AvgIpc) is 3.19. The van der Waals surface area contributed by atoms with Gasteiger partial charge in [-0.3, -0.25) is 9.78 Å². The Morgan fingerprint density at radius 2 is 1.90 bits per heavy atom. The maximum Gasteiger partial charge on any atom is 0.322 e. The van der Waals surface area contributed by atoms with Gasteiger partial charge in [0.15, 0.2) is 0 Å². The average molecular weight is 396 g/mol. The van der Waals surface area contributed by atoms with Gasteiger partial charge in [-0.25, -0.2) is 4.79 Å². The summed E-state index contributed by atoms with van der Waals surface area (Å²) in [6.45, 7) is 2.44. The van der Waals surface area contributed by atoms with Crippen molar-refractivity contribution in [2.45, 2.75) is 18.6 Å². The molecule has 152 valence electrons. The van der Waals surface area contributed by atoms with Gasteiger partial charge in [0, 0.05) is 31.4 Å². The Morgan fingerprint density at radius 1 is 1.10 bits per heavy atom. The molecule has 3 heterocycles. The fraction of sp³-hybridized carbons (Fsp3) is 0.381. The van der Waals surface area contributed by atoms with E-state index in [1.54, 1.807) is 28.3 Å². The van der Waals surface area contributed by atoms with Crippen molar-refractivity contribution in [3.8, 4) is 5.75 Å². The molecule has 8 heteroatoms. The molecule has 1 aromatic heterocycles. The van der Waals surface area contributed by atoms with Crippen LogP contribution in [0.3, 0.4) is 0 Å². The van der Waals surface area contributed by atoms with Gasteiger partial charge in [-0.1, -0.05) is 18.2 Å². The van der Waals surface area contributed by atoms with Crippen LogP contribution in [0.5, 0.6) is 5.75 Å². The summed E-state index contributed by atoms with van der Waals surface area (Å²) in [6.07, 6.45) is 3.46. The molecule has 3 amide bonds. The van der Waals surface area contributed by atoms with E-state index in [4.69, 9.17) is 9.47 Å². The maximum absolute atomic E-state index is 13.1. The van der Waals surface area contributed by atoms with Crippen molar-refractivity contribution < 1.29 is 19.1 Å². The maximum atomic E-state index is 13.1. The highest BCUT2D eigenvalue weighted by molar-refractivity contribution is 5.94. The van der Waals surface area contributed by atoms with E-state index in [2.05, 4.69) is 10.3 Å². The van der Waals surface area contributed by atoms with Gasteiger partial charge in [-0.2, -0.15) is 0 Å². The number of amides is 3. The van der Waals surface area contributed by atoms with Crippen LogP contribution in [0.2, 0.25) is 0 Å². The molecule has 1 aromatic carbocycles. The van der Waals surface area contributed by atoms with Crippen molar-refractivity contribution in [2.75, 3.05) is 38.2 Å². The minimum absolute atomic E-state index is 0.0613. The lowest BCUT2D eigenvalue weighted by atomic mass is 10.1. The van der Waals surface area contributed by atoms with E-state index in [9.17, 15) is 9.59 Å². The fourth-order valence-corrected chi connectivity index (χ4v) is 3.66. The second kappa shape index (κ2) is 8.91. The number of anilines is 1. The van der Waals surface area contributed by atoms with E-state index >= 15 is 0 Å². The van der Waals surface area contributed by atoms with Crippen molar-refractivity contribution in [3.63, 3.8) is 0 Å². The van der Waals surface area contributed by atoms with E-state index in [-0.39, 0.29) is 18.0 Å². The molecule has 0 bridgehead atoms. The number of aromatic nitrogens is 1. The summed E-state index contributed by atoms with van der Waals surface area (Å²) in [6, 6.07) is 12.0. The normalized spacial score (nSPS) is 21.7. The topological polar surface area (TPSA) is 84.0 Å². The summed E-state index contributed by atoms with van der Waals surface area (Å²) in [5.41, 5.74) is 0.687. The molecule has 0 unspecified atom stereocenters. The van der Waals surface area contributed by atoms with Crippen molar-refractivity contribution in [3.05, 3.63) is 54.9 Å². The van der Waals surface area contributed by atoms with Crippen LogP contribution >= 0.6 is 0 Å². The number of benzene rings is 1. The number of morpholine rings is 1. The zero-order valence-electron chi connectivity index (χ0n) is 16.1. The van der Waals surface area contributed by atoms with E-state index in [0.29, 0.717) is 50.7 Å². The number of para-hydroxylation sites is 1. The summed E-state index contributed by atoms with van der Waals surface area (Å²) < 4.78 is 11.3. The molecular formula is C21H24N4O4. The van der Waals surface area contributed by atoms with Gasteiger partial charge in [-0.15, -0.1) is 0 Å². The molecular weight excluding hydrogens is 372 g/mol. The second-order valence-electron chi connectivity index (χ2n) is 7.07. The number of carbonyl (C=O) groups is 2. The predicted octanol–water partition coefficient (Wildman–Crippen LogP) is 1.99. The number of nitrogens with one attached hydrogen (secondary N) is 1. The molecule has 0 spiro atoms. The molecule has 2 fully saturated rings. The fourth-order valence-electron chi connectivity index (χ4n) is 3.66. The number of carbonyl (C=O) groups excluding carboxylic acids is 2. The third kappa shape index (κ3) is 4.65. The van der Waals surface area contributed by atoms with Gasteiger partial charge >= 0.3 is 6.03 Å². The van der Waals surface area contributed by atoms with Gasteiger partial charge < -0.3 is 24.6 Å². The molecule has 29 heavy (non-hydrogen) atoms. The molecule has 2 saturated heterocycles. The number of rotatable bonds is 4. The standard InChI is InChI=1S/C21H24N4O4/c26-20(24-9-11-28-12-10-24)19-13-18(29-17-7-4-8-22-14-17)15-25(19)21(27)23-16-5-2-1-3-6-16/h1-8,14,18-19H,9-13,15H2,(H,23,27)/t18-,19-/m0/s1. The van der Waals surface area contributed by atoms with E-state index < -0.39 is 6.04 Å².